The third-order valence-electron chi connectivity index (χ3n) is 4.81. The first-order chi connectivity index (χ1) is 15.9. The van der Waals surface area contributed by atoms with Gasteiger partial charge in [0.1, 0.15) is 5.01 Å². The first-order valence-electron chi connectivity index (χ1n) is 10.5. The topological polar surface area (TPSA) is 103 Å². The van der Waals surface area contributed by atoms with Gasteiger partial charge in [-0.1, -0.05) is 13.0 Å². The van der Waals surface area contributed by atoms with Crippen LogP contribution in [-0.4, -0.2) is 33.2 Å². The first-order valence-corrected chi connectivity index (χ1v) is 11.3. The van der Waals surface area contributed by atoms with Crippen molar-refractivity contribution in [2.75, 3.05) is 11.9 Å². The summed E-state index contributed by atoms with van der Waals surface area (Å²) in [6.45, 7) is 3.88. The number of hydrogen-bond donors (Lipinski definition) is 1. The van der Waals surface area contributed by atoms with E-state index in [2.05, 4.69) is 28.4 Å². The lowest BCUT2D eigenvalue weighted by atomic mass is 10.2. The summed E-state index contributed by atoms with van der Waals surface area (Å²) in [5.41, 5.74) is 3.36. The second-order valence-electron chi connectivity index (χ2n) is 7.47. The summed E-state index contributed by atoms with van der Waals surface area (Å²) < 4.78 is 7.36. The minimum absolute atomic E-state index is 0.0220. The molecule has 8 nitrogen and oxygen atoms in total. The molecule has 0 aliphatic heterocycles. The number of ether oxygens (including phenoxy) is 1. The van der Waals surface area contributed by atoms with Crippen LogP contribution in [0.25, 0.3) is 20.8 Å². The quantitative estimate of drug-likeness (QED) is 0.416. The molecule has 4 aromatic rings. The third kappa shape index (κ3) is 5.32. The number of nitrogens with one attached hydrogen (secondary N) is 1. The van der Waals surface area contributed by atoms with Gasteiger partial charge in [0.15, 0.2) is 12.3 Å². The molecule has 4 rings (SSSR count). The van der Waals surface area contributed by atoms with E-state index in [-0.39, 0.29) is 11.3 Å². The average Bonchev–Trinajstić information content (AvgIpc) is 3.23. The highest BCUT2D eigenvalue weighted by molar-refractivity contribution is 7.21. The van der Waals surface area contributed by atoms with Crippen LogP contribution in [0, 0.1) is 6.92 Å². The van der Waals surface area contributed by atoms with Crippen molar-refractivity contribution >= 4 is 39.1 Å². The molecule has 2 aromatic carbocycles. The summed E-state index contributed by atoms with van der Waals surface area (Å²) in [4.78, 5) is 40.8. The van der Waals surface area contributed by atoms with Crippen molar-refractivity contribution in [3.63, 3.8) is 0 Å². The zero-order chi connectivity index (χ0) is 23.4. The molecule has 0 aliphatic carbocycles. The molecule has 33 heavy (non-hydrogen) atoms. The molecule has 2 aromatic heterocycles. The van der Waals surface area contributed by atoms with E-state index in [4.69, 9.17) is 4.74 Å². The lowest BCUT2D eigenvalue weighted by Crippen LogP contribution is -2.26. The Morgan fingerprint density at radius 1 is 1.09 bits per heavy atom. The predicted octanol–water partition coefficient (Wildman–Crippen LogP) is 4.03. The second kappa shape index (κ2) is 9.74. The number of carbonyl (C=O) groups is 2. The monoisotopic (exact) mass is 462 g/mol. The zero-order valence-corrected chi connectivity index (χ0v) is 19.0. The lowest BCUT2D eigenvalue weighted by molar-refractivity contribution is -0.119. The molecule has 0 bridgehead atoms. The summed E-state index contributed by atoms with van der Waals surface area (Å²) in [6.07, 6.45) is 0.700. The molecular formula is C24H22N4O4S. The molecule has 9 heteroatoms. The molecule has 0 fully saturated rings. The molecular weight excluding hydrogens is 440 g/mol. The average molecular weight is 463 g/mol. The van der Waals surface area contributed by atoms with Crippen molar-refractivity contribution < 1.29 is 14.3 Å². The van der Waals surface area contributed by atoms with Gasteiger partial charge in [-0.2, -0.15) is 5.10 Å². The maximum Gasteiger partial charge on any atom is 0.359 e. The fourth-order valence-electron chi connectivity index (χ4n) is 3.18. The second-order valence-corrected chi connectivity index (χ2v) is 8.50. The van der Waals surface area contributed by atoms with Crippen LogP contribution in [0.4, 0.5) is 5.69 Å². The van der Waals surface area contributed by atoms with E-state index < -0.39 is 18.5 Å². The van der Waals surface area contributed by atoms with Crippen LogP contribution in [-0.2, 0) is 16.1 Å². The highest BCUT2D eigenvalue weighted by Crippen LogP contribution is 2.31. The molecule has 0 aliphatic rings. The number of aromatic nitrogens is 3. The Morgan fingerprint density at radius 2 is 1.88 bits per heavy atom. The van der Waals surface area contributed by atoms with Crippen molar-refractivity contribution in [3.8, 4) is 10.6 Å². The minimum atomic E-state index is -0.767. The molecule has 0 saturated heterocycles. The molecule has 1 amide bonds. The fraction of sp³-hybridized carbons (Fsp3) is 0.208. The van der Waals surface area contributed by atoms with Gasteiger partial charge in [-0.25, -0.2) is 14.5 Å². The molecule has 0 saturated carbocycles. The van der Waals surface area contributed by atoms with Gasteiger partial charge in [-0.3, -0.25) is 9.59 Å². The zero-order valence-electron chi connectivity index (χ0n) is 18.2. The van der Waals surface area contributed by atoms with E-state index in [1.165, 1.54) is 22.4 Å². The number of thiazole rings is 1. The van der Waals surface area contributed by atoms with Gasteiger partial charge >= 0.3 is 5.97 Å². The Morgan fingerprint density at radius 3 is 2.64 bits per heavy atom. The maximum absolute atomic E-state index is 12.2. The highest BCUT2D eigenvalue weighted by Gasteiger charge is 2.14. The van der Waals surface area contributed by atoms with Gasteiger partial charge in [-0.15, -0.1) is 11.3 Å². The highest BCUT2D eigenvalue weighted by atomic mass is 32.1. The van der Waals surface area contributed by atoms with E-state index in [1.54, 1.807) is 23.5 Å². The lowest BCUT2D eigenvalue weighted by Gasteiger charge is -2.08. The molecule has 1 N–H and O–H groups in total. The van der Waals surface area contributed by atoms with Crippen LogP contribution in [0.1, 0.15) is 29.4 Å². The van der Waals surface area contributed by atoms with E-state index >= 15 is 0 Å². The number of amides is 1. The standard InChI is InChI=1S/C24H22N4O4S/c1-3-12-28-22(30)11-10-19(27-28)24(31)32-14-21(29)25-17-7-5-16(6-8-17)23-26-18-9-4-15(2)13-20(18)33-23/h4-11,13H,3,12,14H2,1-2H3,(H,25,29). The van der Waals surface area contributed by atoms with Crippen molar-refractivity contribution in [3.05, 3.63) is 76.2 Å². The number of hydrogen-bond acceptors (Lipinski definition) is 7. The summed E-state index contributed by atoms with van der Waals surface area (Å²) in [6, 6.07) is 16.0. The number of esters is 1. The van der Waals surface area contributed by atoms with Crippen molar-refractivity contribution in [2.45, 2.75) is 26.8 Å². The van der Waals surface area contributed by atoms with Crippen LogP contribution >= 0.6 is 11.3 Å². The van der Waals surface area contributed by atoms with E-state index in [1.807, 2.05) is 31.2 Å². The van der Waals surface area contributed by atoms with Gasteiger partial charge in [0.05, 0.1) is 10.2 Å². The normalized spacial score (nSPS) is 10.8. The minimum Gasteiger partial charge on any atom is -0.451 e. The van der Waals surface area contributed by atoms with Crippen LogP contribution in [0.3, 0.4) is 0 Å². The first kappa shape index (κ1) is 22.3. The number of benzene rings is 2. The molecule has 0 atom stereocenters. The number of anilines is 1. The van der Waals surface area contributed by atoms with Crippen LogP contribution in [0.15, 0.2) is 59.4 Å². The number of fused-ring (bicyclic) bond motifs is 1. The number of aryl methyl sites for hydroxylation is 2. The Balaban J connectivity index is 1.35. The number of carbonyl (C=O) groups excluding carboxylic acids is 2. The molecule has 0 spiro atoms. The summed E-state index contributed by atoms with van der Waals surface area (Å²) in [7, 11) is 0. The van der Waals surface area contributed by atoms with Crippen LogP contribution < -0.4 is 10.9 Å². The van der Waals surface area contributed by atoms with E-state index in [0.717, 1.165) is 20.8 Å². The fourth-order valence-corrected chi connectivity index (χ4v) is 4.25. The molecule has 168 valence electrons. The number of rotatable bonds is 7. The van der Waals surface area contributed by atoms with Gasteiger partial charge in [0, 0.05) is 23.9 Å². The summed E-state index contributed by atoms with van der Waals surface area (Å²) >= 11 is 1.62. The van der Waals surface area contributed by atoms with Crippen molar-refractivity contribution in [1.29, 1.82) is 0 Å². The maximum atomic E-state index is 12.2. The molecule has 2 heterocycles. The largest absolute Gasteiger partial charge is 0.451 e. The van der Waals surface area contributed by atoms with Gasteiger partial charge in [0.25, 0.3) is 11.5 Å². The smallest absolute Gasteiger partial charge is 0.359 e. The number of nitrogens with zero attached hydrogens (tertiary/aromatic N) is 3. The Hall–Kier alpha value is -3.85. The third-order valence-corrected chi connectivity index (χ3v) is 5.87. The predicted molar refractivity (Wildman–Crippen MR) is 127 cm³/mol. The van der Waals surface area contributed by atoms with Crippen molar-refractivity contribution in [2.24, 2.45) is 0 Å². The summed E-state index contributed by atoms with van der Waals surface area (Å²) in [5.74, 6) is -1.25. The van der Waals surface area contributed by atoms with Crippen LogP contribution in [0.2, 0.25) is 0 Å². The Kier molecular flexibility index (Phi) is 6.60. The van der Waals surface area contributed by atoms with E-state index in [9.17, 15) is 14.4 Å². The van der Waals surface area contributed by atoms with Gasteiger partial charge < -0.3 is 10.1 Å². The Labute approximate surface area is 193 Å². The van der Waals surface area contributed by atoms with Gasteiger partial charge in [-0.05, 0) is 61.4 Å². The molecule has 0 radical (unpaired) electrons. The van der Waals surface area contributed by atoms with Crippen LogP contribution in [0.5, 0.6) is 0 Å². The SMILES string of the molecule is CCCn1nc(C(=O)OCC(=O)Nc2ccc(-c3nc4ccc(C)cc4s3)cc2)ccc1=O. The van der Waals surface area contributed by atoms with Gasteiger partial charge in [0.2, 0.25) is 0 Å². The Bertz CT molecular complexity index is 1380. The van der Waals surface area contributed by atoms with Crippen molar-refractivity contribution in [1.82, 2.24) is 14.8 Å². The summed E-state index contributed by atoms with van der Waals surface area (Å²) in [5, 5.41) is 7.57. The van der Waals surface area contributed by atoms with E-state index in [0.29, 0.717) is 18.7 Å². The molecule has 0 unspecified atom stereocenters.